The molecule has 1 aliphatic heterocycles. The monoisotopic (exact) mass is 562 g/mol. The van der Waals surface area contributed by atoms with Crippen LogP contribution in [0.25, 0.3) is 0 Å². The molecule has 10 heteroatoms. The van der Waals surface area contributed by atoms with Gasteiger partial charge in [-0.2, -0.15) is 0 Å². The van der Waals surface area contributed by atoms with Gasteiger partial charge < -0.3 is 39.4 Å². The molecule has 1 fully saturated rings. The first kappa shape index (κ1) is 35.7. The predicted molar refractivity (Wildman–Crippen MR) is 146 cm³/mol. The zero-order valence-corrected chi connectivity index (χ0v) is 24.1. The molecule has 0 amide bonds. The molecule has 0 spiro atoms. The number of hydrogen-bond acceptors (Lipinski definition) is 10. The average Bonchev–Trinajstić information content (AvgIpc) is 2.93. The van der Waals surface area contributed by atoms with E-state index < -0.39 is 55.4 Å². The van der Waals surface area contributed by atoms with E-state index in [1.807, 2.05) is 0 Å². The molecule has 1 rings (SSSR count). The highest BCUT2D eigenvalue weighted by Crippen LogP contribution is 2.24. The van der Waals surface area contributed by atoms with Crippen molar-refractivity contribution < 1.29 is 49.0 Å². The maximum atomic E-state index is 12.1. The molecule has 1 unspecified atom stereocenters. The molecule has 1 saturated heterocycles. The Bertz CT molecular complexity index is 629. The largest absolute Gasteiger partial charge is 0.463 e. The number of rotatable bonds is 23. The number of hydrogen-bond donors (Lipinski definition) is 4. The van der Waals surface area contributed by atoms with Crippen molar-refractivity contribution in [3.8, 4) is 0 Å². The summed E-state index contributed by atoms with van der Waals surface area (Å²) in [6.07, 6.45) is 7.25. The van der Waals surface area contributed by atoms with E-state index in [0.29, 0.717) is 6.42 Å². The minimum Gasteiger partial charge on any atom is -0.463 e. The highest BCUT2D eigenvalue weighted by Gasteiger charge is 2.45. The lowest BCUT2D eigenvalue weighted by atomic mass is 9.99. The summed E-state index contributed by atoms with van der Waals surface area (Å²) in [5.41, 5.74) is 0. The normalized spacial score (nSPS) is 23.9. The quantitative estimate of drug-likeness (QED) is 0.107. The van der Waals surface area contributed by atoms with Gasteiger partial charge in [0, 0.05) is 12.8 Å². The van der Waals surface area contributed by atoms with Gasteiger partial charge in [-0.05, 0) is 12.8 Å². The predicted octanol–water partition coefficient (Wildman–Crippen LogP) is 3.54. The van der Waals surface area contributed by atoms with Gasteiger partial charge in [0.05, 0.1) is 6.61 Å². The second-order valence-corrected chi connectivity index (χ2v) is 10.6. The fraction of sp³-hybridized carbons (Fsp3) is 0.931. The molecule has 0 aromatic carbocycles. The lowest BCUT2D eigenvalue weighted by Crippen LogP contribution is -2.60. The first-order chi connectivity index (χ1) is 18.8. The standard InChI is InChI=1S/C29H54O10/c1-3-5-7-9-11-13-15-17-24(31)36-20-22(19-30)38-29-28(35)27(34)26(33)23(39-29)21-37-25(32)18-16-14-12-10-8-6-4-2/h22-23,26-30,33-35H,3-21H2,1-2H3/t22?,23-,26+,27+,28-,29-/m1/s1. The second kappa shape index (κ2) is 22.4. The van der Waals surface area contributed by atoms with Crippen molar-refractivity contribution in [3.05, 3.63) is 0 Å². The van der Waals surface area contributed by atoms with E-state index in [1.165, 1.54) is 38.5 Å². The van der Waals surface area contributed by atoms with Crippen molar-refractivity contribution in [1.29, 1.82) is 0 Å². The van der Waals surface area contributed by atoms with Gasteiger partial charge in [0.25, 0.3) is 0 Å². The highest BCUT2D eigenvalue weighted by molar-refractivity contribution is 5.69. The van der Waals surface area contributed by atoms with Gasteiger partial charge in [0.2, 0.25) is 0 Å². The van der Waals surface area contributed by atoms with Crippen LogP contribution in [0.4, 0.5) is 0 Å². The molecule has 0 aliphatic carbocycles. The van der Waals surface area contributed by atoms with Crippen LogP contribution < -0.4 is 0 Å². The van der Waals surface area contributed by atoms with Crippen molar-refractivity contribution in [2.75, 3.05) is 19.8 Å². The van der Waals surface area contributed by atoms with Crippen LogP contribution in [0.2, 0.25) is 0 Å². The molecule has 6 atom stereocenters. The Hall–Kier alpha value is -1.30. The highest BCUT2D eigenvalue weighted by atomic mass is 16.7. The van der Waals surface area contributed by atoms with Crippen LogP contribution in [0.15, 0.2) is 0 Å². The van der Waals surface area contributed by atoms with Crippen molar-refractivity contribution in [3.63, 3.8) is 0 Å². The van der Waals surface area contributed by atoms with E-state index in [0.717, 1.165) is 44.9 Å². The number of unbranched alkanes of at least 4 members (excludes halogenated alkanes) is 12. The summed E-state index contributed by atoms with van der Waals surface area (Å²) in [5, 5.41) is 40.5. The maximum absolute atomic E-state index is 12.1. The third-order valence-electron chi connectivity index (χ3n) is 7.01. The molecule has 10 nitrogen and oxygen atoms in total. The van der Waals surface area contributed by atoms with Crippen LogP contribution in [0.3, 0.4) is 0 Å². The SMILES string of the molecule is CCCCCCCCCC(=O)OCC(CO)O[C@@H]1O[C@H](COC(=O)CCCCCCCCC)[C@H](O)[C@H](O)[C@H]1O. The fourth-order valence-corrected chi connectivity index (χ4v) is 4.45. The third-order valence-corrected chi connectivity index (χ3v) is 7.01. The molecule has 1 aliphatic rings. The molecule has 39 heavy (non-hydrogen) atoms. The molecule has 0 radical (unpaired) electrons. The van der Waals surface area contributed by atoms with E-state index in [-0.39, 0.29) is 26.1 Å². The maximum Gasteiger partial charge on any atom is 0.305 e. The Balaban J connectivity index is 2.37. The number of ether oxygens (including phenoxy) is 4. The van der Waals surface area contributed by atoms with Crippen LogP contribution in [0.1, 0.15) is 117 Å². The first-order valence-corrected chi connectivity index (χ1v) is 15.1. The summed E-state index contributed by atoms with van der Waals surface area (Å²) in [6, 6.07) is 0. The van der Waals surface area contributed by atoms with Crippen molar-refractivity contribution in [2.45, 2.75) is 153 Å². The van der Waals surface area contributed by atoms with Gasteiger partial charge in [-0.3, -0.25) is 9.59 Å². The van der Waals surface area contributed by atoms with Gasteiger partial charge in [-0.15, -0.1) is 0 Å². The van der Waals surface area contributed by atoms with E-state index in [4.69, 9.17) is 18.9 Å². The van der Waals surface area contributed by atoms with E-state index >= 15 is 0 Å². The first-order valence-electron chi connectivity index (χ1n) is 15.1. The number of carbonyl (C=O) groups is 2. The van der Waals surface area contributed by atoms with Crippen molar-refractivity contribution in [2.24, 2.45) is 0 Å². The van der Waals surface area contributed by atoms with E-state index in [1.54, 1.807) is 0 Å². The van der Waals surface area contributed by atoms with Gasteiger partial charge in [-0.25, -0.2) is 0 Å². The summed E-state index contributed by atoms with van der Waals surface area (Å²) in [4.78, 5) is 24.1. The molecule has 0 bridgehead atoms. The molecule has 230 valence electrons. The van der Waals surface area contributed by atoms with Crippen LogP contribution in [0, 0.1) is 0 Å². The number of aliphatic hydroxyl groups excluding tert-OH is 4. The Morgan fingerprint density at radius 2 is 1.18 bits per heavy atom. The summed E-state index contributed by atoms with van der Waals surface area (Å²) < 4.78 is 21.5. The number of aliphatic hydroxyl groups is 4. The Morgan fingerprint density at radius 1 is 0.692 bits per heavy atom. The number of carbonyl (C=O) groups excluding carboxylic acids is 2. The topological polar surface area (TPSA) is 152 Å². The lowest BCUT2D eigenvalue weighted by molar-refractivity contribution is -0.315. The van der Waals surface area contributed by atoms with Crippen LogP contribution >= 0.6 is 0 Å². The molecule has 0 aromatic heterocycles. The van der Waals surface area contributed by atoms with Gasteiger partial charge >= 0.3 is 11.9 Å². The van der Waals surface area contributed by atoms with E-state index in [9.17, 15) is 30.0 Å². The van der Waals surface area contributed by atoms with Gasteiger partial charge in [-0.1, -0.05) is 90.9 Å². The molecule has 0 aromatic rings. The summed E-state index contributed by atoms with van der Waals surface area (Å²) in [6.45, 7) is 3.23. The average molecular weight is 563 g/mol. The summed E-state index contributed by atoms with van der Waals surface area (Å²) >= 11 is 0. The van der Waals surface area contributed by atoms with Gasteiger partial charge in [0.15, 0.2) is 6.29 Å². The zero-order valence-electron chi connectivity index (χ0n) is 24.1. The molecule has 4 N–H and O–H groups in total. The lowest BCUT2D eigenvalue weighted by Gasteiger charge is -2.40. The van der Waals surface area contributed by atoms with Crippen LogP contribution in [-0.4, -0.2) is 89.0 Å². The molecular weight excluding hydrogens is 508 g/mol. The summed E-state index contributed by atoms with van der Waals surface area (Å²) in [7, 11) is 0. The smallest absolute Gasteiger partial charge is 0.305 e. The number of esters is 2. The summed E-state index contributed by atoms with van der Waals surface area (Å²) in [5.74, 6) is -0.838. The Morgan fingerprint density at radius 3 is 1.69 bits per heavy atom. The third kappa shape index (κ3) is 15.9. The molecule has 0 saturated carbocycles. The minimum absolute atomic E-state index is 0.249. The van der Waals surface area contributed by atoms with Crippen molar-refractivity contribution >= 4 is 11.9 Å². The van der Waals surface area contributed by atoms with Crippen molar-refractivity contribution in [1.82, 2.24) is 0 Å². The van der Waals surface area contributed by atoms with Gasteiger partial charge in [0.1, 0.15) is 43.7 Å². The second-order valence-electron chi connectivity index (χ2n) is 10.6. The minimum atomic E-state index is -1.62. The van der Waals surface area contributed by atoms with E-state index in [2.05, 4.69) is 13.8 Å². The Labute approximate surface area is 234 Å². The zero-order chi connectivity index (χ0) is 28.9. The molecular formula is C29H54O10. The molecule has 1 heterocycles. The van der Waals surface area contributed by atoms with Crippen LogP contribution in [0.5, 0.6) is 0 Å². The fourth-order valence-electron chi connectivity index (χ4n) is 4.45. The Kier molecular flexibility index (Phi) is 20.5. The van der Waals surface area contributed by atoms with Crippen LogP contribution in [-0.2, 0) is 28.5 Å².